The number of aryl methyl sites for hydroxylation is 1. The Morgan fingerprint density at radius 3 is 2.50 bits per heavy atom. The molecule has 0 aliphatic carbocycles. The summed E-state index contributed by atoms with van der Waals surface area (Å²) >= 11 is 0. The number of hydrogen-bond acceptors (Lipinski definition) is 4. The Bertz CT molecular complexity index is 860. The third-order valence-electron chi connectivity index (χ3n) is 3.59. The van der Waals surface area contributed by atoms with Gasteiger partial charge >= 0.3 is 6.18 Å². The molecule has 0 radical (unpaired) electrons. The Kier molecular flexibility index (Phi) is 5.69. The van der Waals surface area contributed by atoms with Crippen LogP contribution in [0.15, 0.2) is 35.1 Å². The van der Waals surface area contributed by atoms with Crippen molar-refractivity contribution in [1.82, 2.24) is 9.78 Å². The van der Waals surface area contributed by atoms with Crippen LogP contribution in [0.5, 0.6) is 0 Å². The maximum atomic E-state index is 13.0. The van der Waals surface area contributed by atoms with Crippen LogP contribution in [0.2, 0.25) is 0 Å². The minimum Gasteiger partial charge on any atom is -0.376 e. The molecule has 26 heavy (non-hydrogen) atoms. The van der Waals surface area contributed by atoms with Crippen molar-refractivity contribution in [2.45, 2.75) is 26.1 Å². The molecule has 1 N–H and O–H groups in total. The van der Waals surface area contributed by atoms with Gasteiger partial charge < -0.3 is 10.2 Å². The first-order chi connectivity index (χ1) is 12.1. The van der Waals surface area contributed by atoms with Crippen molar-refractivity contribution < 1.29 is 18.0 Å². The topological polar surface area (TPSA) is 67.2 Å². The number of alkyl halides is 3. The van der Waals surface area contributed by atoms with Crippen LogP contribution >= 0.6 is 0 Å². The number of carbonyl (C=O) groups excluding carboxylic acids is 1. The number of carbonyl (C=O) groups is 1. The van der Waals surface area contributed by atoms with Gasteiger partial charge in [-0.05, 0) is 30.7 Å². The molecule has 1 amide bonds. The van der Waals surface area contributed by atoms with Crippen LogP contribution in [0.3, 0.4) is 0 Å². The molecule has 0 bridgehead atoms. The minimum absolute atomic E-state index is 0.00451. The van der Waals surface area contributed by atoms with E-state index in [1.54, 1.807) is 19.0 Å². The number of halogens is 3. The highest BCUT2D eigenvalue weighted by Gasteiger charge is 2.31. The van der Waals surface area contributed by atoms with Crippen LogP contribution in [0, 0.1) is 0 Å². The summed E-state index contributed by atoms with van der Waals surface area (Å²) in [5.41, 5.74) is -0.864. The molecule has 1 aromatic heterocycles. The molecule has 0 saturated carbocycles. The maximum absolute atomic E-state index is 13.0. The molecule has 0 aliphatic heterocycles. The minimum atomic E-state index is -4.53. The standard InChI is InChI=1S/C17H19F3N4O2/c1-4-9-24-15(25)8-6-12(22-24)16(26)21-13-10-11(17(18,19)20)5-7-14(13)23(2)3/h5-8,10H,4,9H2,1-3H3,(H,21,26). The predicted molar refractivity (Wildman–Crippen MR) is 92.5 cm³/mol. The fourth-order valence-corrected chi connectivity index (χ4v) is 2.33. The van der Waals surface area contributed by atoms with E-state index in [9.17, 15) is 22.8 Å². The van der Waals surface area contributed by atoms with Gasteiger partial charge in [0.15, 0.2) is 0 Å². The number of rotatable bonds is 5. The zero-order chi connectivity index (χ0) is 19.5. The van der Waals surface area contributed by atoms with Gasteiger partial charge in [-0.3, -0.25) is 9.59 Å². The van der Waals surface area contributed by atoms with Gasteiger partial charge in [-0.25, -0.2) is 4.68 Å². The average molecular weight is 368 g/mol. The van der Waals surface area contributed by atoms with Crippen molar-refractivity contribution in [2.75, 3.05) is 24.3 Å². The number of anilines is 2. The first kappa shape index (κ1) is 19.5. The van der Waals surface area contributed by atoms with Crippen LogP contribution in [0.25, 0.3) is 0 Å². The Morgan fingerprint density at radius 2 is 1.92 bits per heavy atom. The normalized spacial score (nSPS) is 11.3. The number of benzene rings is 1. The lowest BCUT2D eigenvalue weighted by Crippen LogP contribution is -2.26. The molecule has 0 unspecified atom stereocenters. The number of amides is 1. The monoisotopic (exact) mass is 368 g/mol. The van der Waals surface area contributed by atoms with Gasteiger partial charge in [0.05, 0.1) is 16.9 Å². The molecule has 1 aromatic carbocycles. The zero-order valence-electron chi connectivity index (χ0n) is 14.6. The average Bonchev–Trinajstić information content (AvgIpc) is 2.55. The second-order valence-electron chi connectivity index (χ2n) is 5.86. The molecule has 6 nitrogen and oxygen atoms in total. The third kappa shape index (κ3) is 4.41. The summed E-state index contributed by atoms with van der Waals surface area (Å²) in [6, 6.07) is 5.55. The molecular weight excluding hydrogens is 349 g/mol. The van der Waals surface area contributed by atoms with Gasteiger partial charge in [0, 0.05) is 26.7 Å². The number of nitrogens with zero attached hydrogens (tertiary/aromatic N) is 3. The first-order valence-corrected chi connectivity index (χ1v) is 7.91. The molecule has 0 saturated heterocycles. The Balaban J connectivity index is 2.39. The quantitative estimate of drug-likeness (QED) is 0.881. The summed E-state index contributed by atoms with van der Waals surface area (Å²) in [6.07, 6.45) is -3.88. The second kappa shape index (κ2) is 7.59. The molecular formula is C17H19F3N4O2. The Morgan fingerprint density at radius 1 is 1.23 bits per heavy atom. The molecule has 0 atom stereocenters. The van der Waals surface area contributed by atoms with Crippen molar-refractivity contribution in [3.05, 3.63) is 51.9 Å². The highest BCUT2D eigenvalue weighted by molar-refractivity contribution is 6.04. The molecule has 1 heterocycles. The van der Waals surface area contributed by atoms with E-state index in [1.165, 1.54) is 18.2 Å². The summed E-state index contributed by atoms with van der Waals surface area (Å²) < 4.78 is 40.0. The lowest BCUT2D eigenvalue weighted by molar-refractivity contribution is -0.137. The van der Waals surface area contributed by atoms with E-state index in [4.69, 9.17) is 0 Å². The van der Waals surface area contributed by atoms with Gasteiger partial charge in [0.1, 0.15) is 5.69 Å². The summed E-state index contributed by atoms with van der Waals surface area (Å²) in [4.78, 5) is 25.7. The molecule has 2 aromatic rings. The first-order valence-electron chi connectivity index (χ1n) is 7.91. The number of nitrogens with one attached hydrogen (secondary N) is 1. The van der Waals surface area contributed by atoms with Crippen molar-refractivity contribution in [3.63, 3.8) is 0 Å². The predicted octanol–water partition coefficient (Wildman–Crippen LogP) is 2.99. The van der Waals surface area contributed by atoms with Crippen LogP contribution in [0.1, 0.15) is 29.4 Å². The smallest absolute Gasteiger partial charge is 0.376 e. The van der Waals surface area contributed by atoms with E-state index in [0.717, 1.165) is 16.8 Å². The Labute approximate surface area is 148 Å². The van der Waals surface area contributed by atoms with Gasteiger partial charge in [-0.15, -0.1) is 0 Å². The molecule has 2 rings (SSSR count). The molecule has 0 spiro atoms. The summed E-state index contributed by atoms with van der Waals surface area (Å²) in [5, 5.41) is 6.41. The van der Waals surface area contributed by atoms with Crippen LogP contribution in [-0.4, -0.2) is 29.8 Å². The van der Waals surface area contributed by atoms with Crippen LogP contribution in [-0.2, 0) is 12.7 Å². The van der Waals surface area contributed by atoms with E-state index >= 15 is 0 Å². The van der Waals surface area contributed by atoms with E-state index in [0.29, 0.717) is 18.7 Å². The fourth-order valence-electron chi connectivity index (χ4n) is 2.33. The largest absolute Gasteiger partial charge is 0.416 e. The maximum Gasteiger partial charge on any atom is 0.416 e. The van der Waals surface area contributed by atoms with Gasteiger partial charge in [-0.1, -0.05) is 6.92 Å². The number of aromatic nitrogens is 2. The van der Waals surface area contributed by atoms with Gasteiger partial charge in [0.25, 0.3) is 11.5 Å². The summed E-state index contributed by atoms with van der Waals surface area (Å²) in [5.74, 6) is -0.697. The second-order valence-corrected chi connectivity index (χ2v) is 5.86. The number of hydrogen-bond donors (Lipinski definition) is 1. The summed E-state index contributed by atoms with van der Waals surface area (Å²) in [6.45, 7) is 2.19. The van der Waals surface area contributed by atoms with Crippen LogP contribution < -0.4 is 15.8 Å². The highest BCUT2D eigenvalue weighted by atomic mass is 19.4. The zero-order valence-corrected chi connectivity index (χ0v) is 14.6. The molecule has 0 fully saturated rings. The third-order valence-corrected chi connectivity index (χ3v) is 3.59. The van der Waals surface area contributed by atoms with E-state index in [2.05, 4.69) is 10.4 Å². The molecule has 140 valence electrons. The van der Waals surface area contributed by atoms with Crippen molar-refractivity contribution in [3.8, 4) is 0 Å². The van der Waals surface area contributed by atoms with Crippen molar-refractivity contribution >= 4 is 17.3 Å². The molecule has 9 heteroatoms. The summed E-state index contributed by atoms with van der Waals surface area (Å²) in [7, 11) is 3.30. The van der Waals surface area contributed by atoms with Gasteiger partial charge in [-0.2, -0.15) is 18.3 Å². The fraction of sp³-hybridized carbons (Fsp3) is 0.353. The van der Waals surface area contributed by atoms with E-state index in [-0.39, 0.29) is 16.9 Å². The highest BCUT2D eigenvalue weighted by Crippen LogP contribution is 2.35. The van der Waals surface area contributed by atoms with Crippen molar-refractivity contribution in [1.29, 1.82) is 0 Å². The SMILES string of the molecule is CCCn1nc(C(=O)Nc2cc(C(F)(F)F)ccc2N(C)C)ccc1=O. The van der Waals surface area contributed by atoms with Gasteiger partial charge in [0.2, 0.25) is 0 Å². The lowest BCUT2D eigenvalue weighted by Gasteiger charge is -2.19. The molecule has 0 aliphatic rings. The van der Waals surface area contributed by atoms with E-state index in [1.807, 2.05) is 6.92 Å². The lowest BCUT2D eigenvalue weighted by atomic mass is 10.1. The van der Waals surface area contributed by atoms with Crippen molar-refractivity contribution in [2.24, 2.45) is 0 Å². The van der Waals surface area contributed by atoms with Crippen LogP contribution in [0.4, 0.5) is 24.5 Å². The van der Waals surface area contributed by atoms with E-state index < -0.39 is 17.6 Å². The Hall–Kier alpha value is -2.84.